The van der Waals surface area contributed by atoms with Crippen LogP contribution in [0.5, 0.6) is 0 Å². The first-order valence-electron chi connectivity index (χ1n) is 10.7. The Balaban J connectivity index is 1.45. The van der Waals surface area contributed by atoms with Crippen LogP contribution in [0, 0.1) is 0 Å². The topological polar surface area (TPSA) is 117 Å². The van der Waals surface area contributed by atoms with Gasteiger partial charge in [-0.15, -0.1) is 10.2 Å². The zero-order chi connectivity index (χ0) is 21.5. The van der Waals surface area contributed by atoms with Crippen molar-refractivity contribution in [3.05, 3.63) is 42.2 Å². The Morgan fingerprint density at radius 1 is 1.16 bits per heavy atom. The molecule has 0 aliphatic carbocycles. The number of nitrogens with one attached hydrogen (secondary N) is 3. The van der Waals surface area contributed by atoms with Gasteiger partial charge in [-0.25, -0.2) is 4.98 Å². The molecule has 3 aromatic rings. The third-order valence-corrected chi connectivity index (χ3v) is 4.93. The van der Waals surface area contributed by atoms with Crippen molar-refractivity contribution < 1.29 is 4.42 Å². The molecule has 0 amide bonds. The van der Waals surface area contributed by atoms with Crippen LogP contribution in [-0.2, 0) is 13.0 Å². The Hall–Kier alpha value is -3.11. The first kappa shape index (κ1) is 21.1. The highest BCUT2D eigenvalue weighted by Crippen LogP contribution is 2.26. The van der Waals surface area contributed by atoms with E-state index in [9.17, 15) is 0 Å². The fraction of sp³-hybridized carbons (Fsp3) is 0.476. The van der Waals surface area contributed by atoms with E-state index >= 15 is 0 Å². The van der Waals surface area contributed by atoms with Gasteiger partial charge in [0.1, 0.15) is 5.82 Å². The largest absolute Gasteiger partial charge is 0.419 e. The quantitative estimate of drug-likeness (QED) is 0.470. The minimum Gasteiger partial charge on any atom is -0.419 e. The number of piperazine rings is 1. The second-order valence-corrected chi connectivity index (χ2v) is 7.81. The van der Waals surface area contributed by atoms with Crippen molar-refractivity contribution in [3.8, 4) is 11.5 Å². The molecule has 1 saturated heterocycles. The predicted molar refractivity (Wildman–Crippen MR) is 119 cm³/mol. The van der Waals surface area contributed by atoms with E-state index in [0.29, 0.717) is 35.7 Å². The lowest BCUT2D eigenvalue weighted by Crippen LogP contribution is -2.42. The van der Waals surface area contributed by atoms with Crippen molar-refractivity contribution in [2.75, 3.05) is 43.4 Å². The smallest absolute Gasteiger partial charge is 0.253 e. The molecule has 164 valence electrons. The van der Waals surface area contributed by atoms with Gasteiger partial charge in [-0.3, -0.25) is 9.88 Å². The molecule has 4 heterocycles. The van der Waals surface area contributed by atoms with Crippen LogP contribution in [0.1, 0.15) is 25.3 Å². The Morgan fingerprint density at radius 2 is 1.97 bits per heavy atom. The molecular formula is C21H29N9O. The molecule has 3 aromatic heterocycles. The van der Waals surface area contributed by atoms with Crippen LogP contribution in [0.25, 0.3) is 11.5 Å². The number of pyridine rings is 1. The Labute approximate surface area is 181 Å². The lowest BCUT2D eigenvalue weighted by Gasteiger charge is -2.25. The average molecular weight is 424 g/mol. The van der Waals surface area contributed by atoms with Crippen LogP contribution in [0.4, 0.5) is 11.8 Å². The highest BCUT2D eigenvalue weighted by atomic mass is 16.4. The summed E-state index contributed by atoms with van der Waals surface area (Å²) in [4.78, 5) is 15.5. The Kier molecular flexibility index (Phi) is 7.00. The van der Waals surface area contributed by atoms with Crippen molar-refractivity contribution in [2.45, 2.75) is 32.9 Å². The molecule has 4 rings (SSSR count). The predicted octanol–water partition coefficient (Wildman–Crippen LogP) is 1.80. The number of rotatable bonds is 9. The van der Waals surface area contributed by atoms with Crippen molar-refractivity contribution >= 4 is 11.8 Å². The van der Waals surface area contributed by atoms with Crippen LogP contribution in [0.3, 0.4) is 0 Å². The van der Waals surface area contributed by atoms with Gasteiger partial charge in [-0.05, 0) is 38.0 Å². The SMILES string of the molecule is CC(C)Nc1nc(NCCc2ccncc2)ncc1-c1nnc(CN2CCNCC2)o1. The summed E-state index contributed by atoms with van der Waals surface area (Å²) in [6.07, 6.45) is 6.19. The number of hydrogen-bond donors (Lipinski definition) is 3. The van der Waals surface area contributed by atoms with E-state index in [1.165, 1.54) is 5.56 Å². The summed E-state index contributed by atoms with van der Waals surface area (Å²) >= 11 is 0. The fourth-order valence-corrected chi connectivity index (χ4v) is 3.36. The standard InChI is InChI=1S/C21H29N9O/c1-15(2)26-19-17(20-29-28-18(31-20)14-30-11-9-23-10-12-30)13-25-21(27-19)24-8-5-16-3-6-22-7-4-16/h3-4,6-7,13,15,23H,5,8-12,14H2,1-2H3,(H2,24,25,26,27). The summed E-state index contributed by atoms with van der Waals surface area (Å²) in [6.45, 7) is 9.40. The summed E-state index contributed by atoms with van der Waals surface area (Å²) in [7, 11) is 0. The summed E-state index contributed by atoms with van der Waals surface area (Å²) < 4.78 is 5.94. The van der Waals surface area contributed by atoms with Crippen LogP contribution in [-0.4, -0.2) is 68.8 Å². The average Bonchev–Trinajstić information content (AvgIpc) is 3.23. The molecule has 0 atom stereocenters. The van der Waals surface area contributed by atoms with Crippen molar-refractivity contribution in [1.29, 1.82) is 0 Å². The monoisotopic (exact) mass is 423 g/mol. The first-order valence-corrected chi connectivity index (χ1v) is 10.7. The summed E-state index contributed by atoms with van der Waals surface area (Å²) in [5, 5.41) is 18.5. The number of anilines is 2. The van der Waals surface area contributed by atoms with E-state index in [4.69, 9.17) is 4.42 Å². The zero-order valence-corrected chi connectivity index (χ0v) is 18.0. The molecule has 0 aromatic carbocycles. The summed E-state index contributed by atoms with van der Waals surface area (Å²) in [5.74, 6) is 2.26. The lowest BCUT2D eigenvalue weighted by atomic mass is 10.2. The summed E-state index contributed by atoms with van der Waals surface area (Å²) in [6, 6.07) is 4.21. The molecule has 10 heteroatoms. The molecule has 0 bridgehead atoms. The third-order valence-electron chi connectivity index (χ3n) is 4.93. The number of hydrogen-bond acceptors (Lipinski definition) is 10. The van der Waals surface area contributed by atoms with Crippen molar-refractivity contribution in [3.63, 3.8) is 0 Å². The van der Waals surface area contributed by atoms with Crippen LogP contribution >= 0.6 is 0 Å². The minimum absolute atomic E-state index is 0.196. The Bertz CT molecular complexity index is 954. The van der Waals surface area contributed by atoms with E-state index < -0.39 is 0 Å². The van der Waals surface area contributed by atoms with Gasteiger partial charge in [0, 0.05) is 57.4 Å². The molecule has 0 unspecified atom stereocenters. The first-order chi connectivity index (χ1) is 15.2. The minimum atomic E-state index is 0.196. The number of aromatic nitrogens is 5. The van der Waals surface area contributed by atoms with Gasteiger partial charge in [-0.1, -0.05) is 0 Å². The number of nitrogens with zero attached hydrogens (tertiary/aromatic N) is 6. The van der Waals surface area contributed by atoms with Crippen molar-refractivity contribution in [1.82, 2.24) is 35.4 Å². The molecule has 1 aliphatic rings. The molecule has 1 aliphatic heterocycles. The maximum Gasteiger partial charge on any atom is 0.253 e. The van der Waals surface area contributed by atoms with Gasteiger partial charge in [0.25, 0.3) is 5.89 Å². The van der Waals surface area contributed by atoms with E-state index in [1.54, 1.807) is 18.6 Å². The molecule has 0 spiro atoms. The lowest BCUT2D eigenvalue weighted by molar-refractivity contribution is 0.213. The van der Waals surface area contributed by atoms with Crippen LogP contribution < -0.4 is 16.0 Å². The van der Waals surface area contributed by atoms with Crippen molar-refractivity contribution in [2.24, 2.45) is 0 Å². The van der Waals surface area contributed by atoms with Gasteiger partial charge in [0.15, 0.2) is 0 Å². The van der Waals surface area contributed by atoms with Gasteiger partial charge >= 0.3 is 0 Å². The van der Waals surface area contributed by atoms with E-state index in [0.717, 1.165) is 39.1 Å². The van der Waals surface area contributed by atoms with E-state index in [2.05, 4.69) is 59.8 Å². The van der Waals surface area contributed by atoms with Gasteiger partial charge < -0.3 is 20.4 Å². The van der Waals surface area contributed by atoms with Gasteiger partial charge in [0.2, 0.25) is 11.8 Å². The molecule has 0 radical (unpaired) electrons. The highest BCUT2D eigenvalue weighted by molar-refractivity contribution is 5.69. The molecule has 31 heavy (non-hydrogen) atoms. The second-order valence-electron chi connectivity index (χ2n) is 7.81. The molecule has 10 nitrogen and oxygen atoms in total. The fourth-order valence-electron chi connectivity index (χ4n) is 3.36. The zero-order valence-electron chi connectivity index (χ0n) is 18.0. The molecule has 0 saturated carbocycles. The third kappa shape index (κ3) is 5.96. The second kappa shape index (κ2) is 10.3. The maximum atomic E-state index is 5.94. The normalized spacial score (nSPS) is 14.7. The highest BCUT2D eigenvalue weighted by Gasteiger charge is 2.18. The van der Waals surface area contributed by atoms with Crippen LogP contribution in [0.2, 0.25) is 0 Å². The van der Waals surface area contributed by atoms with E-state index in [1.807, 2.05) is 12.1 Å². The van der Waals surface area contributed by atoms with E-state index in [-0.39, 0.29) is 6.04 Å². The maximum absolute atomic E-state index is 5.94. The van der Waals surface area contributed by atoms with Gasteiger partial charge in [0.05, 0.1) is 12.1 Å². The molecular weight excluding hydrogens is 394 g/mol. The summed E-state index contributed by atoms with van der Waals surface area (Å²) in [5.41, 5.74) is 1.91. The molecule has 3 N–H and O–H groups in total. The Morgan fingerprint density at radius 3 is 2.74 bits per heavy atom. The van der Waals surface area contributed by atoms with Gasteiger partial charge in [-0.2, -0.15) is 4.98 Å². The van der Waals surface area contributed by atoms with Crippen LogP contribution in [0.15, 0.2) is 35.1 Å². The molecule has 1 fully saturated rings.